The Balaban J connectivity index is 1.69. The molecule has 0 radical (unpaired) electrons. The van der Waals surface area contributed by atoms with Crippen molar-refractivity contribution < 1.29 is 9.53 Å². The highest BCUT2D eigenvalue weighted by atomic mass is 16.5. The van der Waals surface area contributed by atoms with Gasteiger partial charge in [-0.1, -0.05) is 36.4 Å². The molecule has 6 nitrogen and oxygen atoms in total. The highest BCUT2D eigenvalue weighted by Crippen LogP contribution is 2.31. The highest BCUT2D eigenvalue weighted by molar-refractivity contribution is 5.93. The van der Waals surface area contributed by atoms with Crippen molar-refractivity contribution in [1.82, 2.24) is 15.1 Å². The van der Waals surface area contributed by atoms with Crippen LogP contribution in [0.25, 0.3) is 11.1 Å². The first-order valence-electron chi connectivity index (χ1n) is 9.36. The fourth-order valence-corrected chi connectivity index (χ4v) is 2.79. The second-order valence-corrected chi connectivity index (χ2v) is 6.88. The van der Waals surface area contributed by atoms with E-state index in [1.54, 1.807) is 6.20 Å². The Morgan fingerprint density at radius 1 is 1.14 bits per heavy atom. The third kappa shape index (κ3) is 5.69. The number of carbonyl (C=O) groups excluding carboxylic acids is 1. The first-order valence-corrected chi connectivity index (χ1v) is 9.36. The monoisotopic (exact) mass is 378 g/mol. The number of anilines is 1. The number of benzene rings is 2. The maximum absolute atomic E-state index is 12.4. The molecule has 1 amide bonds. The zero-order valence-electron chi connectivity index (χ0n) is 16.3. The van der Waals surface area contributed by atoms with Crippen LogP contribution in [0.1, 0.15) is 12.0 Å². The van der Waals surface area contributed by atoms with Crippen LogP contribution >= 0.6 is 0 Å². The summed E-state index contributed by atoms with van der Waals surface area (Å²) < 4.78 is 5.96. The van der Waals surface area contributed by atoms with Gasteiger partial charge in [0.15, 0.2) is 0 Å². The highest BCUT2D eigenvalue weighted by Gasteiger charge is 2.11. The number of rotatable bonds is 9. The zero-order chi connectivity index (χ0) is 19.8. The molecular weight excluding hydrogens is 352 g/mol. The Labute approximate surface area is 165 Å². The smallest absolute Gasteiger partial charge is 0.224 e. The van der Waals surface area contributed by atoms with Crippen LogP contribution < -0.4 is 10.1 Å². The van der Waals surface area contributed by atoms with Gasteiger partial charge in [0.2, 0.25) is 5.91 Å². The van der Waals surface area contributed by atoms with Gasteiger partial charge in [0.1, 0.15) is 12.4 Å². The summed E-state index contributed by atoms with van der Waals surface area (Å²) in [7, 11) is 4.00. The first kappa shape index (κ1) is 19.6. The molecule has 0 saturated carbocycles. The number of amides is 1. The van der Waals surface area contributed by atoms with Crippen molar-refractivity contribution >= 4 is 11.6 Å². The number of aryl methyl sites for hydroxylation is 1. The summed E-state index contributed by atoms with van der Waals surface area (Å²) in [5.74, 6) is 0.631. The second-order valence-electron chi connectivity index (χ2n) is 6.88. The van der Waals surface area contributed by atoms with Gasteiger partial charge < -0.3 is 15.0 Å². The van der Waals surface area contributed by atoms with Gasteiger partial charge in [-0.3, -0.25) is 9.89 Å². The molecule has 1 heterocycles. The molecule has 0 fully saturated rings. The van der Waals surface area contributed by atoms with E-state index in [2.05, 4.69) is 20.4 Å². The van der Waals surface area contributed by atoms with E-state index in [9.17, 15) is 4.79 Å². The molecule has 0 unspecified atom stereocenters. The van der Waals surface area contributed by atoms with Gasteiger partial charge in [-0.2, -0.15) is 5.10 Å². The average molecular weight is 378 g/mol. The molecule has 28 heavy (non-hydrogen) atoms. The number of carbonyl (C=O) groups is 1. The summed E-state index contributed by atoms with van der Waals surface area (Å²) >= 11 is 0. The number of aromatic nitrogens is 2. The summed E-state index contributed by atoms with van der Waals surface area (Å²) in [4.78, 5) is 14.5. The molecule has 146 valence electrons. The fourth-order valence-electron chi connectivity index (χ4n) is 2.79. The van der Waals surface area contributed by atoms with E-state index in [-0.39, 0.29) is 5.91 Å². The number of ether oxygens (including phenoxy) is 1. The van der Waals surface area contributed by atoms with Crippen molar-refractivity contribution in [3.05, 3.63) is 66.5 Å². The fraction of sp³-hybridized carbons (Fsp3) is 0.273. The van der Waals surface area contributed by atoms with Crippen molar-refractivity contribution in [1.29, 1.82) is 0 Å². The van der Waals surface area contributed by atoms with Crippen molar-refractivity contribution in [2.24, 2.45) is 0 Å². The number of likely N-dealkylation sites (N-methyl/N-ethyl adjacent to an activating group) is 1. The minimum atomic E-state index is -0.0302. The normalized spacial score (nSPS) is 10.8. The molecule has 0 aliphatic heterocycles. The number of H-pyrrole nitrogens is 1. The van der Waals surface area contributed by atoms with Crippen molar-refractivity contribution in [2.75, 3.05) is 32.6 Å². The van der Waals surface area contributed by atoms with Crippen LogP contribution in [0, 0.1) is 0 Å². The quantitative estimate of drug-likeness (QED) is 0.597. The van der Waals surface area contributed by atoms with Gasteiger partial charge in [-0.15, -0.1) is 0 Å². The molecule has 0 spiro atoms. The van der Waals surface area contributed by atoms with Gasteiger partial charge >= 0.3 is 0 Å². The third-order valence-corrected chi connectivity index (χ3v) is 4.37. The predicted octanol–water partition coefficient (Wildman–Crippen LogP) is 3.59. The summed E-state index contributed by atoms with van der Waals surface area (Å²) in [6.07, 6.45) is 4.72. The molecule has 2 aromatic carbocycles. The molecule has 3 aromatic rings. The largest absolute Gasteiger partial charge is 0.490 e. The Kier molecular flexibility index (Phi) is 6.81. The van der Waals surface area contributed by atoms with Crippen LogP contribution in [-0.4, -0.2) is 48.3 Å². The Bertz CT molecular complexity index is 877. The number of nitrogens with one attached hydrogen (secondary N) is 2. The van der Waals surface area contributed by atoms with E-state index in [4.69, 9.17) is 4.74 Å². The van der Waals surface area contributed by atoms with E-state index < -0.39 is 0 Å². The summed E-state index contributed by atoms with van der Waals surface area (Å²) in [6, 6.07) is 15.8. The van der Waals surface area contributed by atoms with Crippen LogP contribution in [0.3, 0.4) is 0 Å². The summed E-state index contributed by atoms with van der Waals surface area (Å²) in [5.41, 5.74) is 3.79. The minimum Gasteiger partial charge on any atom is -0.490 e. The van der Waals surface area contributed by atoms with Crippen LogP contribution in [0.15, 0.2) is 60.9 Å². The van der Waals surface area contributed by atoms with Crippen molar-refractivity contribution in [3.63, 3.8) is 0 Å². The first-order chi connectivity index (χ1) is 13.6. The Morgan fingerprint density at radius 3 is 2.68 bits per heavy atom. The molecule has 0 saturated heterocycles. The van der Waals surface area contributed by atoms with Crippen molar-refractivity contribution in [3.8, 4) is 16.9 Å². The number of aromatic amines is 1. The SMILES string of the molecule is CN(C)CCOc1cc(-c2cn[nH]c2)ccc1NC(=O)CCc1ccccc1. The second kappa shape index (κ2) is 9.71. The number of hydrogen-bond acceptors (Lipinski definition) is 4. The van der Waals surface area contributed by atoms with Crippen LogP contribution in [0.2, 0.25) is 0 Å². The molecule has 6 heteroatoms. The standard InChI is InChI=1S/C22H26N4O2/c1-26(2)12-13-28-21-14-18(19-15-23-24-16-19)9-10-20(21)25-22(27)11-8-17-6-4-3-5-7-17/h3-7,9-10,14-16H,8,11-13H2,1-2H3,(H,23,24)(H,25,27). The van der Waals surface area contributed by atoms with E-state index in [1.165, 1.54) is 0 Å². The molecule has 1 aromatic heterocycles. The molecule has 0 bridgehead atoms. The molecule has 0 aliphatic rings. The summed E-state index contributed by atoms with van der Waals surface area (Å²) in [5, 5.41) is 9.80. The molecule has 0 atom stereocenters. The van der Waals surface area contributed by atoms with E-state index in [1.807, 2.05) is 68.8 Å². The third-order valence-electron chi connectivity index (χ3n) is 4.37. The Hall–Kier alpha value is -3.12. The lowest BCUT2D eigenvalue weighted by Gasteiger charge is -2.16. The van der Waals surface area contributed by atoms with Crippen LogP contribution in [-0.2, 0) is 11.2 Å². The van der Waals surface area contributed by atoms with Gasteiger partial charge in [0.05, 0.1) is 11.9 Å². The lowest BCUT2D eigenvalue weighted by atomic mass is 10.1. The molecule has 3 rings (SSSR count). The minimum absolute atomic E-state index is 0.0302. The van der Waals surface area contributed by atoms with Crippen LogP contribution in [0.4, 0.5) is 5.69 Å². The predicted molar refractivity (Wildman–Crippen MR) is 111 cm³/mol. The maximum Gasteiger partial charge on any atom is 0.224 e. The maximum atomic E-state index is 12.4. The van der Waals surface area contributed by atoms with E-state index >= 15 is 0 Å². The van der Waals surface area contributed by atoms with E-state index in [0.717, 1.165) is 23.2 Å². The van der Waals surface area contributed by atoms with Crippen LogP contribution in [0.5, 0.6) is 5.75 Å². The van der Waals surface area contributed by atoms with Gasteiger partial charge in [0, 0.05) is 24.7 Å². The molecular formula is C22H26N4O2. The molecule has 0 aliphatic carbocycles. The Morgan fingerprint density at radius 2 is 1.96 bits per heavy atom. The summed E-state index contributed by atoms with van der Waals surface area (Å²) in [6.45, 7) is 1.33. The van der Waals surface area contributed by atoms with Gasteiger partial charge in [-0.05, 0) is 43.8 Å². The topological polar surface area (TPSA) is 70.2 Å². The van der Waals surface area contributed by atoms with Gasteiger partial charge in [-0.25, -0.2) is 0 Å². The van der Waals surface area contributed by atoms with E-state index in [0.29, 0.717) is 30.9 Å². The lowest BCUT2D eigenvalue weighted by Crippen LogP contribution is -2.20. The zero-order valence-corrected chi connectivity index (χ0v) is 16.3. The average Bonchev–Trinajstić information content (AvgIpc) is 3.23. The van der Waals surface area contributed by atoms with Gasteiger partial charge in [0.25, 0.3) is 0 Å². The van der Waals surface area contributed by atoms with Crippen molar-refractivity contribution in [2.45, 2.75) is 12.8 Å². The number of hydrogen-bond donors (Lipinski definition) is 2. The lowest BCUT2D eigenvalue weighted by molar-refractivity contribution is -0.116. The number of nitrogens with zero attached hydrogens (tertiary/aromatic N) is 2. The molecule has 2 N–H and O–H groups in total.